The zero-order chi connectivity index (χ0) is 15.5. The van der Waals surface area contributed by atoms with Gasteiger partial charge in [0.2, 0.25) is 0 Å². The lowest BCUT2D eigenvalue weighted by Gasteiger charge is -2.35. The molecule has 23 heavy (non-hydrogen) atoms. The lowest BCUT2D eigenvalue weighted by atomic mass is 9.97. The maximum absolute atomic E-state index is 14.7. The standard InChI is InChI=1S/C17H25FN2O2.ClH/c1-21-16-10-13(14(18)11-17(16)22-2)15(9-12-3-4-12)20-7-5-19-6-8-20;/h10-12,15,19H,3-9H2,1-2H3;1H/t15-;/m1./s1. The van der Waals surface area contributed by atoms with Crippen molar-refractivity contribution < 1.29 is 13.9 Å². The van der Waals surface area contributed by atoms with Gasteiger partial charge in [-0.1, -0.05) is 12.8 Å². The molecule has 0 radical (unpaired) electrons. The van der Waals surface area contributed by atoms with Gasteiger partial charge in [0, 0.05) is 43.9 Å². The van der Waals surface area contributed by atoms with Crippen molar-refractivity contribution in [3.05, 3.63) is 23.5 Å². The van der Waals surface area contributed by atoms with Crippen molar-refractivity contribution in [1.29, 1.82) is 0 Å². The maximum atomic E-state index is 14.7. The van der Waals surface area contributed by atoms with Gasteiger partial charge >= 0.3 is 0 Å². The maximum Gasteiger partial charge on any atom is 0.163 e. The van der Waals surface area contributed by atoms with Gasteiger partial charge in [0.15, 0.2) is 11.5 Å². The summed E-state index contributed by atoms with van der Waals surface area (Å²) in [5, 5.41) is 3.37. The van der Waals surface area contributed by atoms with Gasteiger partial charge in [-0.25, -0.2) is 4.39 Å². The van der Waals surface area contributed by atoms with Crippen LogP contribution in [-0.4, -0.2) is 45.3 Å². The predicted octanol–water partition coefficient (Wildman–Crippen LogP) is 3.01. The van der Waals surface area contributed by atoms with Crippen LogP contribution < -0.4 is 14.8 Å². The van der Waals surface area contributed by atoms with E-state index in [1.54, 1.807) is 7.11 Å². The highest BCUT2D eigenvalue weighted by Gasteiger charge is 2.32. The summed E-state index contributed by atoms with van der Waals surface area (Å²) in [4.78, 5) is 2.40. The number of nitrogens with zero attached hydrogens (tertiary/aromatic N) is 1. The molecule has 0 aromatic heterocycles. The Labute approximate surface area is 143 Å². The topological polar surface area (TPSA) is 33.7 Å². The van der Waals surface area contributed by atoms with Crippen molar-refractivity contribution in [2.75, 3.05) is 40.4 Å². The van der Waals surface area contributed by atoms with Crippen LogP contribution in [0.1, 0.15) is 30.9 Å². The fourth-order valence-corrected chi connectivity index (χ4v) is 3.26. The lowest BCUT2D eigenvalue weighted by Crippen LogP contribution is -2.45. The molecule has 0 unspecified atom stereocenters. The minimum Gasteiger partial charge on any atom is -0.493 e. The van der Waals surface area contributed by atoms with Gasteiger partial charge in [0.25, 0.3) is 0 Å². The van der Waals surface area contributed by atoms with Crippen LogP contribution in [0.4, 0.5) is 4.39 Å². The Kier molecular flexibility index (Phi) is 6.50. The Bertz CT molecular complexity index is 520. The first-order valence-corrected chi connectivity index (χ1v) is 8.09. The van der Waals surface area contributed by atoms with Crippen molar-refractivity contribution in [2.45, 2.75) is 25.3 Å². The Hall–Kier alpha value is -1.04. The van der Waals surface area contributed by atoms with Gasteiger partial charge in [-0.2, -0.15) is 0 Å². The van der Waals surface area contributed by atoms with Gasteiger partial charge in [-0.3, -0.25) is 4.90 Å². The first-order valence-electron chi connectivity index (χ1n) is 8.09. The van der Waals surface area contributed by atoms with E-state index in [0.29, 0.717) is 11.5 Å². The van der Waals surface area contributed by atoms with E-state index in [4.69, 9.17) is 9.47 Å². The summed E-state index contributed by atoms with van der Waals surface area (Å²) >= 11 is 0. The van der Waals surface area contributed by atoms with Crippen molar-refractivity contribution in [2.24, 2.45) is 5.92 Å². The van der Waals surface area contributed by atoms with E-state index in [2.05, 4.69) is 10.2 Å². The number of ether oxygens (including phenoxy) is 2. The van der Waals surface area contributed by atoms with E-state index in [0.717, 1.165) is 44.1 Å². The van der Waals surface area contributed by atoms with E-state index < -0.39 is 0 Å². The molecule has 1 heterocycles. The molecule has 0 amide bonds. The molecule has 1 atom stereocenters. The summed E-state index contributed by atoms with van der Waals surface area (Å²) in [5.74, 6) is 1.61. The van der Waals surface area contributed by atoms with Gasteiger partial charge in [-0.05, 0) is 18.4 Å². The van der Waals surface area contributed by atoms with E-state index in [9.17, 15) is 4.39 Å². The zero-order valence-corrected chi connectivity index (χ0v) is 14.6. The average molecular weight is 345 g/mol. The first kappa shape index (κ1) is 18.3. The fraction of sp³-hybridized carbons (Fsp3) is 0.647. The molecular formula is C17H26ClFN2O2. The number of halogens is 2. The van der Waals surface area contributed by atoms with Gasteiger partial charge < -0.3 is 14.8 Å². The second-order valence-corrected chi connectivity index (χ2v) is 6.21. The van der Waals surface area contributed by atoms with Crippen molar-refractivity contribution >= 4 is 12.4 Å². The molecule has 1 saturated carbocycles. The fourth-order valence-electron chi connectivity index (χ4n) is 3.26. The van der Waals surface area contributed by atoms with Crippen LogP contribution in [-0.2, 0) is 0 Å². The number of benzene rings is 1. The minimum atomic E-state index is -0.193. The normalized spacial score (nSPS) is 19.8. The molecule has 1 aliphatic heterocycles. The van der Waals surface area contributed by atoms with Crippen LogP contribution in [0.5, 0.6) is 11.5 Å². The van der Waals surface area contributed by atoms with Crippen molar-refractivity contribution in [1.82, 2.24) is 10.2 Å². The second-order valence-electron chi connectivity index (χ2n) is 6.21. The SMILES string of the molecule is COc1cc(F)c([C@@H](CC2CC2)N2CCNCC2)cc1OC.Cl. The average Bonchev–Trinajstić information content (AvgIpc) is 3.37. The lowest BCUT2D eigenvalue weighted by molar-refractivity contribution is 0.157. The number of methoxy groups -OCH3 is 2. The number of rotatable bonds is 6. The molecule has 1 aromatic rings. The molecule has 130 valence electrons. The van der Waals surface area contributed by atoms with E-state index in [1.807, 2.05) is 6.07 Å². The summed E-state index contributed by atoms with van der Waals surface area (Å²) in [7, 11) is 3.13. The monoisotopic (exact) mass is 344 g/mol. The number of piperazine rings is 1. The highest BCUT2D eigenvalue weighted by Crippen LogP contribution is 2.42. The third-order valence-corrected chi connectivity index (χ3v) is 4.71. The van der Waals surface area contributed by atoms with Crippen LogP contribution in [0, 0.1) is 11.7 Å². The van der Waals surface area contributed by atoms with Gasteiger partial charge in [-0.15, -0.1) is 12.4 Å². The van der Waals surface area contributed by atoms with E-state index >= 15 is 0 Å². The predicted molar refractivity (Wildman–Crippen MR) is 91.3 cm³/mol. The molecule has 1 aromatic carbocycles. The zero-order valence-electron chi connectivity index (χ0n) is 13.8. The summed E-state index contributed by atoms with van der Waals surface area (Å²) in [6.07, 6.45) is 3.58. The molecule has 2 fully saturated rings. The molecule has 4 nitrogen and oxygen atoms in total. The molecule has 2 aliphatic rings. The molecule has 0 bridgehead atoms. The van der Waals surface area contributed by atoms with Crippen LogP contribution in [0.2, 0.25) is 0 Å². The molecule has 1 saturated heterocycles. The van der Waals surface area contributed by atoms with E-state index in [-0.39, 0.29) is 24.3 Å². The molecule has 6 heteroatoms. The third-order valence-electron chi connectivity index (χ3n) is 4.71. The Morgan fingerprint density at radius 1 is 1.17 bits per heavy atom. The Balaban J connectivity index is 0.00000192. The highest BCUT2D eigenvalue weighted by molar-refractivity contribution is 5.85. The van der Waals surface area contributed by atoms with Gasteiger partial charge in [0.1, 0.15) is 5.82 Å². The molecule has 3 rings (SSSR count). The summed E-state index contributed by atoms with van der Waals surface area (Å²) in [6.45, 7) is 3.86. The van der Waals surface area contributed by atoms with Crippen molar-refractivity contribution in [3.8, 4) is 11.5 Å². The summed E-state index contributed by atoms with van der Waals surface area (Å²) in [6, 6.07) is 3.41. The number of hydrogen-bond acceptors (Lipinski definition) is 4. The number of hydrogen-bond donors (Lipinski definition) is 1. The minimum absolute atomic E-state index is 0. The molecule has 1 aliphatic carbocycles. The largest absolute Gasteiger partial charge is 0.493 e. The Morgan fingerprint density at radius 2 is 1.78 bits per heavy atom. The van der Waals surface area contributed by atoms with Gasteiger partial charge in [0.05, 0.1) is 14.2 Å². The number of nitrogens with one attached hydrogen (secondary N) is 1. The van der Waals surface area contributed by atoms with Crippen LogP contribution in [0.25, 0.3) is 0 Å². The molecular weight excluding hydrogens is 319 g/mol. The third kappa shape index (κ3) is 4.28. The molecule has 1 N–H and O–H groups in total. The van der Waals surface area contributed by atoms with Crippen LogP contribution in [0.3, 0.4) is 0 Å². The second kappa shape index (κ2) is 8.18. The van der Waals surface area contributed by atoms with Crippen LogP contribution >= 0.6 is 12.4 Å². The Morgan fingerprint density at radius 3 is 2.35 bits per heavy atom. The summed E-state index contributed by atoms with van der Waals surface area (Å²) < 4.78 is 25.2. The molecule has 0 spiro atoms. The highest BCUT2D eigenvalue weighted by atomic mass is 35.5. The van der Waals surface area contributed by atoms with Crippen molar-refractivity contribution in [3.63, 3.8) is 0 Å². The first-order chi connectivity index (χ1) is 10.7. The smallest absolute Gasteiger partial charge is 0.163 e. The quantitative estimate of drug-likeness (QED) is 0.860. The summed E-state index contributed by atoms with van der Waals surface area (Å²) in [5.41, 5.74) is 0.742. The van der Waals surface area contributed by atoms with Crippen LogP contribution in [0.15, 0.2) is 12.1 Å². The van der Waals surface area contributed by atoms with E-state index in [1.165, 1.54) is 26.0 Å².